The Morgan fingerprint density at radius 2 is 2.05 bits per heavy atom. The number of allylic oxidation sites excluding steroid dienone is 1. The van der Waals surface area contributed by atoms with Gasteiger partial charge in [-0.25, -0.2) is 9.59 Å². The van der Waals surface area contributed by atoms with Crippen LogP contribution in [0.2, 0.25) is 0 Å². The predicted molar refractivity (Wildman–Crippen MR) is 76.3 cm³/mol. The van der Waals surface area contributed by atoms with Crippen molar-refractivity contribution in [1.29, 1.82) is 0 Å². The van der Waals surface area contributed by atoms with E-state index in [9.17, 15) is 9.59 Å². The molecule has 0 aliphatic heterocycles. The molecule has 0 saturated heterocycles. The van der Waals surface area contributed by atoms with Crippen LogP contribution in [0.1, 0.15) is 47.0 Å². The van der Waals surface area contributed by atoms with Crippen molar-refractivity contribution in [3.63, 3.8) is 0 Å². The second kappa shape index (κ2) is 6.77. The molecule has 0 bridgehead atoms. The summed E-state index contributed by atoms with van der Waals surface area (Å²) in [7, 11) is 1.34. The number of nitrogens with zero attached hydrogens (tertiary/aromatic N) is 1. The van der Waals surface area contributed by atoms with Gasteiger partial charge in [0.2, 0.25) is 0 Å². The second-order valence-corrected chi connectivity index (χ2v) is 5.91. The number of esters is 1. The van der Waals surface area contributed by atoms with E-state index < -0.39 is 23.7 Å². The molecular formula is C15H25NO4. The molecular weight excluding hydrogens is 258 g/mol. The van der Waals surface area contributed by atoms with E-state index in [1.165, 1.54) is 12.0 Å². The fraction of sp³-hybridized carbons (Fsp3) is 0.733. The third kappa shape index (κ3) is 4.25. The van der Waals surface area contributed by atoms with Crippen LogP contribution in [0.15, 0.2) is 12.2 Å². The zero-order chi connectivity index (χ0) is 15.3. The highest BCUT2D eigenvalue weighted by Crippen LogP contribution is 2.23. The van der Waals surface area contributed by atoms with E-state index >= 15 is 0 Å². The first-order chi connectivity index (χ1) is 9.30. The summed E-state index contributed by atoms with van der Waals surface area (Å²) in [4.78, 5) is 25.9. The number of hydrogen-bond donors (Lipinski definition) is 0. The average molecular weight is 283 g/mol. The molecule has 5 heteroatoms. The molecule has 0 spiro atoms. The summed E-state index contributed by atoms with van der Waals surface area (Å²) in [6.07, 6.45) is 5.72. The van der Waals surface area contributed by atoms with E-state index in [2.05, 4.69) is 0 Å². The number of hydrogen-bond acceptors (Lipinski definition) is 4. The van der Waals surface area contributed by atoms with Gasteiger partial charge in [-0.15, -0.1) is 0 Å². The van der Waals surface area contributed by atoms with Crippen LogP contribution < -0.4 is 0 Å². The Morgan fingerprint density at radius 1 is 1.40 bits per heavy atom. The second-order valence-electron chi connectivity index (χ2n) is 5.91. The third-order valence-electron chi connectivity index (χ3n) is 3.14. The van der Waals surface area contributed by atoms with Crippen molar-refractivity contribution in [1.82, 2.24) is 4.90 Å². The van der Waals surface area contributed by atoms with E-state index in [0.717, 1.165) is 12.8 Å². The minimum absolute atomic E-state index is 0.103. The lowest BCUT2D eigenvalue weighted by Gasteiger charge is -2.35. The minimum Gasteiger partial charge on any atom is -0.467 e. The van der Waals surface area contributed by atoms with Gasteiger partial charge in [-0.2, -0.15) is 0 Å². The van der Waals surface area contributed by atoms with Gasteiger partial charge in [0, 0.05) is 0 Å². The Morgan fingerprint density at radius 3 is 2.45 bits per heavy atom. The maximum absolute atomic E-state index is 12.4. The van der Waals surface area contributed by atoms with Gasteiger partial charge in [0.1, 0.15) is 11.6 Å². The Balaban J connectivity index is 2.97. The first-order valence-electron chi connectivity index (χ1n) is 7.06. The molecule has 2 atom stereocenters. The molecule has 0 aromatic carbocycles. The van der Waals surface area contributed by atoms with Gasteiger partial charge in [0.15, 0.2) is 0 Å². The Bertz CT molecular complexity index is 384. The van der Waals surface area contributed by atoms with Crippen LogP contribution in [0.3, 0.4) is 0 Å². The van der Waals surface area contributed by atoms with E-state index in [1.54, 1.807) is 0 Å². The zero-order valence-electron chi connectivity index (χ0n) is 13.0. The third-order valence-corrected chi connectivity index (χ3v) is 3.14. The lowest BCUT2D eigenvalue weighted by Crippen LogP contribution is -2.51. The van der Waals surface area contributed by atoms with Crippen LogP contribution in [-0.2, 0) is 14.3 Å². The van der Waals surface area contributed by atoms with Crippen molar-refractivity contribution < 1.29 is 19.1 Å². The van der Waals surface area contributed by atoms with Gasteiger partial charge in [0.05, 0.1) is 13.2 Å². The Hall–Kier alpha value is -1.52. The largest absolute Gasteiger partial charge is 0.467 e. The van der Waals surface area contributed by atoms with Crippen LogP contribution in [0.4, 0.5) is 4.79 Å². The first kappa shape index (κ1) is 16.5. The summed E-state index contributed by atoms with van der Waals surface area (Å²) in [6.45, 7) is 7.30. The number of ether oxygens (including phenoxy) is 2. The standard InChI is InChI=1S/C15H25NO4/c1-6-12(13(17)19-5)16(11-9-7-8-10-11)14(18)20-15(2,3)4/h7,9,11-12H,6,8,10H2,1-5H3. The molecule has 5 nitrogen and oxygen atoms in total. The summed E-state index contributed by atoms with van der Waals surface area (Å²) in [6, 6.07) is -0.712. The number of rotatable bonds is 4. The molecule has 1 rings (SSSR count). The van der Waals surface area contributed by atoms with Crippen molar-refractivity contribution in [2.75, 3.05) is 7.11 Å². The molecule has 1 aliphatic rings. The number of amides is 1. The highest BCUT2D eigenvalue weighted by Gasteiger charge is 2.37. The Labute approximate surface area is 120 Å². The van der Waals surface area contributed by atoms with E-state index in [1.807, 2.05) is 39.8 Å². The molecule has 1 aliphatic carbocycles. The molecule has 0 radical (unpaired) electrons. The minimum atomic E-state index is -0.609. The van der Waals surface area contributed by atoms with Crippen molar-refractivity contribution in [3.05, 3.63) is 12.2 Å². The maximum atomic E-state index is 12.4. The van der Waals surface area contributed by atoms with E-state index in [0.29, 0.717) is 6.42 Å². The van der Waals surface area contributed by atoms with E-state index in [-0.39, 0.29) is 6.04 Å². The topological polar surface area (TPSA) is 55.8 Å². The highest BCUT2D eigenvalue weighted by molar-refractivity contribution is 5.82. The summed E-state index contributed by atoms with van der Waals surface area (Å²) >= 11 is 0. The summed E-state index contributed by atoms with van der Waals surface area (Å²) in [5.74, 6) is -0.404. The van der Waals surface area contributed by atoms with Crippen molar-refractivity contribution >= 4 is 12.1 Å². The molecule has 20 heavy (non-hydrogen) atoms. The molecule has 0 fully saturated rings. The summed E-state index contributed by atoms with van der Waals surface area (Å²) in [5.41, 5.74) is -0.591. The monoisotopic (exact) mass is 283 g/mol. The highest BCUT2D eigenvalue weighted by atomic mass is 16.6. The van der Waals surface area contributed by atoms with Gasteiger partial charge in [-0.1, -0.05) is 19.1 Å². The summed E-state index contributed by atoms with van der Waals surface area (Å²) < 4.78 is 10.2. The lowest BCUT2D eigenvalue weighted by atomic mass is 10.1. The van der Waals surface area contributed by atoms with Crippen LogP contribution in [0.25, 0.3) is 0 Å². The van der Waals surface area contributed by atoms with Gasteiger partial charge < -0.3 is 9.47 Å². The smallest absolute Gasteiger partial charge is 0.411 e. The van der Waals surface area contributed by atoms with Crippen molar-refractivity contribution in [2.45, 2.75) is 64.6 Å². The fourth-order valence-corrected chi connectivity index (χ4v) is 2.27. The molecule has 114 valence electrons. The van der Waals surface area contributed by atoms with Crippen LogP contribution in [0.5, 0.6) is 0 Å². The fourth-order valence-electron chi connectivity index (χ4n) is 2.27. The molecule has 1 amide bonds. The van der Waals surface area contributed by atoms with Gasteiger partial charge in [-0.05, 0) is 40.0 Å². The normalized spacial score (nSPS) is 19.6. The summed E-state index contributed by atoms with van der Waals surface area (Å²) in [5, 5.41) is 0. The Kier molecular flexibility index (Phi) is 5.60. The SMILES string of the molecule is CCC(C(=O)OC)N(C(=O)OC(C)(C)C)C1C=CCC1. The molecule has 0 heterocycles. The quantitative estimate of drug-likeness (QED) is 0.588. The predicted octanol–water partition coefficient (Wildman–Crippen LogP) is 2.89. The van der Waals surface area contributed by atoms with Crippen LogP contribution in [-0.4, -0.2) is 41.8 Å². The molecule has 0 N–H and O–H groups in total. The average Bonchev–Trinajstić information content (AvgIpc) is 2.85. The van der Waals surface area contributed by atoms with Crippen LogP contribution >= 0.6 is 0 Å². The number of carbonyl (C=O) groups is 2. The maximum Gasteiger partial charge on any atom is 0.411 e. The molecule has 2 unspecified atom stereocenters. The van der Waals surface area contributed by atoms with Gasteiger partial charge in [0.25, 0.3) is 0 Å². The number of carbonyl (C=O) groups excluding carboxylic acids is 2. The molecule has 0 aromatic rings. The number of methoxy groups -OCH3 is 1. The first-order valence-corrected chi connectivity index (χ1v) is 7.06. The van der Waals surface area contributed by atoms with Crippen molar-refractivity contribution in [3.8, 4) is 0 Å². The van der Waals surface area contributed by atoms with E-state index in [4.69, 9.17) is 9.47 Å². The molecule has 0 aromatic heterocycles. The molecule has 0 saturated carbocycles. The van der Waals surface area contributed by atoms with Crippen LogP contribution in [0, 0.1) is 0 Å². The van der Waals surface area contributed by atoms with Gasteiger partial charge >= 0.3 is 12.1 Å². The van der Waals surface area contributed by atoms with Gasteiger partial charge in [-0.3, -0.25) is 4.90 Å². The van der Waals surface area contributed by atoms with Crippen molar-refractivity contribution in [2.24, 2.45) is 0 Å². The zero-order valence-corrected chi connectivity index (χ0v) is 13.0. The lowest BCUT2D eigenvalue weighted by molar-refractivity contribution is -0.147.